The molecule has 0 spiro atoms. The molecule has 18 heavy (non-hydrogen) atoms. The average molecular weight is 258 g/mol. The summed E-state index contributed by atoms with van der Waals surface area (Å²) >= 11 is 0. The molecule has 1 aliphatic heterocycles. The zero-order chi connectivity index (χ0) is 13.4. The molecule has 4 heteroatoms. The Labute approximate surface area is 112 Å². The summed E-state index contributed by atoms with van der Waals surface area (Å²) in [6.45, 7) is 12.8. The second-order valence-electron chi connectivity index (χ2n) is 5.75. The van der Waals surface area contributed by atoms with E-state index in [0.29, 0.717) is 5.41 Å². The van der Waals surface area contributed by atoms with Crippen LogP contribution in [0.15, 0.2) is 0 Å². The highest BCUT2D eigenvalue weighted by molar-refractivity contribution is 4.82. The minimum Gasteiger partial charge on any atom is -0.394 e. The van der Waals surface area contributed by atoms with Crippen LogP contribution in [0.3, 0.4) is 0 Å². The van der Waals surface area contributed by atoms with Crippen LogP contribution in [-0.2, 0) is 4.74 Å². The number of nitrogens with zero attached hydrogens (tertiary/aromatic N) is 1. The van der Waals surface area contributed by atoms with E-state index in [2.05, 4.69) is 31.0 Å². The molecule has 1 rings (SSSR count). The van der Waals surface area contributed by atoms with Gasteiger partial charge in [0.1, 0.15) is 0 Å². The molecule has 2 atom stereocenters. The highest BCUT2D eigenvalue weighted by Crippen LogP contribution is 2.22. The Morgan fingerprint density at radius 3 is 2.83 bits per heavy atom. The standard InChI is InChI=1S/C14H30N2O2/c1-4-6-15-11-14(3,5-2)12-16-7-8-18-13(9-16)10-17/h13,15,17H,4-12H2,1-3H3. The van der Waals surface area contributed by atoms with Gasteiger partial charge in [-0.2, -0.15) is 0 Å². The molecule has 1 saturated heterocycles. The van der Waals surface area contributed by atoms with Crippen LogP contribution in [0.4, 0.5) is 0 Å². The van der Waals surface area contributed by atoms with E-state index in [1.807, 2.05) is 0 Å². The third-order valence-electron chi connectivity index (χ3n) is 3.86. The zero-order valence-electron chi connectivity index (χ0n) is 12.2. The highest BCUT2D eigenvalue weighted by Gasteiger charge is 2.28. The number of rotatable bonds is 8. The second-order valence-corrected chi connectivity index (χ2v) is 5.75. The van der Waals surface area contributed by atoms with E-state index < -0.39 is 0 Å². The summed E-state index contributed by atoms with van der Waals surface area (Å²) < 4.78 is 5.50. The number of ether oxygens (including phenoxy) is 1. The lowest BCUT2D eigenvalue weighted by Crippen LogP contribution is -2.49. The van der Waals surface area contributed by atoms with Crippen molar-refractivity contribution in [2.45, 2.75) is 39.7 Å². The molecule has 2 unspecified atom stereocenters. The van der Waals surface area contributed by atoms with Crippen molar-refractivity contribution in [1.82, 2.24) is 10.2 Å². The Morgan fingerprint density at radius 2 is 2.22 bits per heavy atom. The van der Waals surface area contributed by atoms with Crippen molar-refractivity contribution in [2.75, 3.05) is 45.9 Å². The molecule has 1 fully saturated rings. The van der Waals surface area contributed by atoms with E-state index in [9.17, 15) is 5.11 Å². The van der Waals surface area contributed by atoms with E-state index in [1.165, 1.54) is 12.8 Å². The maximum absolute atomic E-state index is 9.17. The van der Waals surface area contributed by atoms with Crippen molar-refractivity contribution in [1.29, 1.82) is 0 Å². The van der Waals surface area contributed by atoms with Gasteiger partial charge in [0.25, 0.3) is 0 Å². The van der Waals surface area contributed by atoms with Crippen LogP contribution in [-0.4, -0.2) is 62.0 Å². The van der Waals surface area contributed by atoms with E-state index in [0.717, 1.165) is 39.3 Å². The Kier molecular flexibility index (Phi) is 7.15. The van der Waals surface area contributed by atoms with Gasteiger partial charge in [-0.25, -0.2) is 0 Å². The largest absolute Gasteiger partial charge is 0.394 e. The number of morpholine rings is 1. The molecule has 0 aromatic rings. The average Bonchev–Trinajstić information content (AvgIpc) is 2.39. The van der Waals surface area contributed by atoms with Crippen LogP contribution in [0.2, 0.25) is 0 Å². The summed E-state index contributed by atoms with van der Waals surface area (Å²) in [7, 11) is 0. The molecule has 0 amide bonds. The van der Waals surface area contributed by atoms with E-state index in [-0.39, 0.29) is 12.7 Å². The maximum atomic E-state index is 9.17. The van der Waals surface area contributed by atoms with Crippen LogP contribution in [0.5, 0.6) is 0 Å². The van der Waals surface area contributed by atoms with E-state index in [1.54, 1.807) is 0 Å². The number of hydrogen-bond donors (Lipinski definition) is 2. The third-order valence-corrected chi connectivity index (χ3v) is 3.86. The number of aliphatic hydroxyl groups excluding tert-OH is 1. The lowest BCUT2D eigenvalue weighted by molar-refractivity contribution is -0.0617. The second kappa shape index (κ2) is 8.10. The summed E-state index contributed by atoms with van der Waals surface area (Å²) in [4.78, 5) is 2.43. The lowest BCUT2D eigenvalue weighted by atomic mass is 9.86. The van der Waals surface area contributed by atoms with Crippen molar-refractivity contribution < 1.29 is 9.84 Å². The first-order chi connectivity index (χ1) is 8.63. The molecule has 0 aliphatic carbocycles. The van der Waals surface area contributed by atoms with Crippen molar-refractivity contribution in [2.24, 2.45) is 5.41 Å². The van der Waals surface area contributed by atoms with Gasteiger partial charge in [0, 0.05) is 26.2 Å². The van der Waals surface area contributed by atoms with Gasteiger partial charge in [-0.1, -0.05) is 20.8 Å². The van der Waals surface area contributed by atoms with Crippen LogP contribution < -0.4 is 5.32 Å². The fraction of sp³-hybridized carbons (Fsp3) is 1.00. The van der Waals surface area contributed by atoms with Gasteiger partial charge < -0.3 is 15.2 Å². The first kappa shape index (κ1) is 15.9. The molecular weight excluding hydrogens is 228 g/mol. The molecule has 4 nitrogen and oxygen atoms in total. The van der Waals surface area contributed by atoms with Crippen molar-refractivity contribution in [3.05, 3.63) is 0 Å². The fourth-order valence-electron chi connectivity index (χ4n) is 2.43. The smallest absolute Gasteiger partial charge is 0.0932 e. The number of hydrogen-bond acceptors (Lipinski definition) is 4. The Balaban J connectivity index is 2.40. The molecule has 1 aliphatic rings. The van der Waals surface area contributed by atoms with Gasteiger partial charge in [0.2, 0.25) is 0 Å². The maximum Gasteiger partial charge on any atom is 0.0932 e. The summed E-state index contributed by atoms with van der Waals surface area (Å²) in [6.07, 6.45) is 2.36. The van der Waals surface area contributed by atoms with Crippen LogP contribution >= 0.6 is 0 Å². The van der Waals surface area contributed by atoms with Crippen LogP contribution in [0, 0.1) is 5.41 Å². The van der Waals surface area contributed by atoms with Gasteiger partial charge in [-0.3, -0.25) is 4.90 Å². The molecule has 2 N–H and O–H groups in total. The third kappa shape index (κ3) is 5.22. The molecule has 0 aromatic carbocycles. The Morgan fingerprint density at radius 1 is 1.44 bits per heavy atom. The van der Waals surface area contributed by atoms with Crippen molar-refractivity contribution in [3.63, 3.8) is 0 Å². The minimum atomic E-state index is 0.00320. The first-order valence-electron chi connectivity index (χ1n) is 7.29. The van der Waals surface area contributed by atoms with Gasteiger partial charge in [-0.15, -0.1) is 0 Å². The number of nitrogens with one attached hydrogen (secondary N) is 1. The normalized spacial score (nSPS) is 25.0. The quantitative estimate of drug-likeness (QED) is 0.640. The number of aliphatic hydroxyl groups is 1. The minimum absolute atomic E-state index is 0.00320. The predicted octanol–water partition coefficient (Wildman–Crippen LogP) is 1.10. The van der Waals surface area contributed by atoms with Crippen molar-refractivity contribution in [3.8, 4) is 0 Å². The Hall–Kier alpha value is -0.160. The molecule has 0 bridgehead atoms. The van der Waals surface area contributed by atoms with Gasteiger partial charge >= 0.3 is 0 Å². The van der Waals surface area contributed by atoms with Gasteiger partial charge in [0.05, 0.1) is 19.3 Å². The summed E-state index contributed by atoms with van der Waals surface area (Å²) in [5.41, 5.74) is 0.312. The summed E-state index contributed by atoms with van der Waals surface area (Å²) in [5, 5.41) is 12.7. The summed E-state index contributed by atoms with van der Waals surface area (Å²) in [5.74, 6) is 0. The highest BCUT2D eigenvalue weighted by atomic mass is 16.5. The molecule has 0 saturated carbocycles. The lowest BCUT2D eigenvalue weighted by Gasteiger charge is -2.39. The monoisotopic (exact) mass is 258 g/mol. The van der Waals surface area contributed by atoms with Crippen LogP contribution in [0.1, 0.15) is 33.6 Å². The van der Waals surface area contributed by atoms with Crippen molar-refractivity contribution >= 4 is 0 Å². The zero-order valence-corrected chi connectivity index (χ0v) is 12.2. The van der Waals surface area contributed by atoms with E-state index >= 15 is 0 Å². The SMILES string of the molecule is CCCNCC(C)(CC)CN1CCOC(CO)C1. The van der Waals surface area contributed by atoms with Gasteiger partial charge in [-0.05, 0) is 24.8 Å². The Bertz CT molecular complexity index is 226. The summed E-state index contributed by atoms with van der Waals surface area (Å²) in [6, 6.07) is 0. The van der Waals surface area contributed by atoms with E-state index in [4.69, 9.17) is 4.74 Å². The topological polar surface area (TPSA) is 44.7 Å². The molecule has 0 aromatic heterocycles. The molecular formula is C14H30N2O2. The first-order valence-corrected chi connectivity index (χ1v) is 7.29. The molecule has 1 heterocycles. The predicted molar refractivity (Wildman–Crippen MR) is 74.8 cm³/mol. The molecule has 0 radical (unpaired) electrons. The van der Waals surface area contributed by atoms with Gasteiger partial charge in [0.15, 0.2) is 0 Å². The molecule has 108 valence electrons. The van der Waals surface area contributed by atoms with Crippen LogP contribution in [0.25, 0.3) is 0 Å². The fourth-order valence-corrected chi connectivity index (χ4v) is 2.43.